The van der Waals surface area contributed by atoms with E-state index in [1.807, 2.05) is 17.9 Å². The van der Waals surface area contributed by atoms with Crippen LogP contribution in [0.2, 0.25) is 10.0 Å². The average molecular weight is 429 g/mol. The number of rotatable bonds is 5. The molecule has 2 aromatic rings. The predicted octanol–water partition coefficient (Wildman–Crippen LogP) is 5.19. The number of amides is 1. The fraction of sp³-hybridized carbons (Fsp3) is 0.421. The third-order valence-corrected chi connectivity index (χ3v) is 7.10. The molecule has 26 heavy (non-hydrogen) atoms. The van der Waals surface area contributed by atoms with E-state index in [0.717, 1.165) is 49.6 Å². The number of halogens is 2. The van der Waals surface area contributed by atoms with Crippen LogP contribution in [0.3, 0.4) is 0 Å². The summed E-state index contributed by atoms with van der Waals surface area (Å²) in [7, 11) is 0. The van der Waals surface area contributed by atoms with Gasteiger partial charge in [0, 0.05) is 42.6 Å². The summed E-state index contributed by atoms with van der Waals surface area (Å²) < 4.78 is 0. The monoisotopic (exact) mass is 428 g/mol. The van der Waals surface area contributed by atoms with E-state index in [-0.39, 0.29) is 5.91 Å². The molecule has 0 spiro atoms. The maximum absolute atomic E-state index is 12.6. The lowest BCUT2D eigenvalue weighted by Crippen LogP contribution is -2.36. The van der Waals surface area contributed by atoms with Crippen LogP contribution in [0.1, 0.15) is 17.5 Å². The van der Waals surface area contributed by atoms with Crippen LogP contribution in [-0.4, -0.2) is 47.6 Å². The van der Waals surface area contributed by atoms with Gasteiger partial charge in [-0.15, -0.1) is 11.8 Å². The average Bonchev–Trinajstić information content (AvgIpc) is 3.01. The van der Waals surface area contributed by atoms with E-state index >= 15 is 0 Å². The summed E-state index contributed by atoms with van der Waals surface area (Å²) in [4.78, 5) is 18.0. The standard InChI is InChI=1S/C19H22Cl2N2OS2/c1-14-9-18(17(21)10-16(14)20)26-13-19(24)23-5-2-4-22(6-7-23)11-15-3-8-25-12-15/h3,8-10,12H,2,4-7,11,13H2,1H3. The quantitative estimate of drug-likeness (QED) is 0.612. The number of thioether (sulfide) groups is 1. The molecule has 7 heteroatoms. The first-order valence-corrected chi connectivity index (χ1v) is 11.3. The molecule has 140 valence electrons. The van der Waals surface area contributed by atoms with Crippen molar-refractivity contribution in [2.75, 3.05) is 31.9 Å². The highest BCUT2D eigenvalue weighted by Gasteiger charge is 2.20. The maximum atomic E-state index is 12.6. The van der Waals surface area contributed by atoms with Gasteiger partial charge in [-0.05, 0) is 53.4 Å². The minimum absolute atomic E-state index is 0.177. The van der Waals surface area contributed by atoms with Gasteiger partial charge in [0.05, 0.1) is 10.8 Å². The van der Waals surface area contributed by atoms with Crippen molar-refractivity contribution in [1.82, 2.24) is 9.80 Å². The molecule has 0 saturated carbocycles. The normalized spacial score (nSPS) is 15.9. The lowest BCUT2D eigenvalue weighted by atomic mass is 10.2. The lowest BCUT2D eigenvalue weighted by molar-refractivity contribution is -0.128. The Labute approximate surface area is 173 Å². The second-order valence-electron chi connectivity index (χ2n) is 6.46. The Kier molecular flexibility index (Phi) is 7.29. The van der Waals surface area contributed by atoms with Crippen LogP contribution in [0.4, 0.5) is 0 Å². The van der Waals surface area contributed by atoms with Crippen LogP contribution in [0.15, 0.2) is 33.9 Å². The summed E-state index contributed by atoms with van der Waals surface area (Å²) in [6.07, 6.45) is 1.02. The number of nitrogens with zero attached hydrogens (tertiary/aromatic N) is 2. The van der Waals surface area contributed by atoms with Crippen molar-refractivity contribution in [1.29, 1.82) is 0 Å². The lowest BCUT2D eigenvalue weighted by Gasteiger charge is -2.22. The molecule has 0 unspecified atom stereocenters. The molecule has 1 aromatic heterocycles. The number of aryl methyl sites for hydroxylation is 1. The first kappa shape index (κ1) is 20.0. The molecule has 3 rings (SSSR count). The zero-order valence-corrected chi connectivity index (χ0v) is 17.9. The largest absolute Gasteiger partial charge is 0.341 e. The third kappa shape index (κ3) is 5.40. The zero-order valence-electron chi connectivity index (χ0n) is 14.7. The van der Waals surface area contributed by atoms with Crippen LogP contribution in [0.5, 0.6) is 0 Å². The van der Waals surface area contributed by atoms with E-state index in [4.69, 9.17) is 23.2 Å². The molecule has 0 radical (unpaired) electrons. The van der Waals surface area contributed by atoms with Gasteiger partial charge >= 0.3 is 0 Å². The van der Waals surface area contributed by atoms with Gasteiger partial charge in [-0.3, -0.25) is 9.69 Å². The van der Waals surface area contributed by atoms with Gasteiger partial charge in [-0.25, -0.2) is 0 Å². The highest BCUT2D eigenvalue weighted by atomic mass is 35.5. The van der Waals surface area contributed by atoms with Crippen molar-refractivity contribution in [3.8, 4) is 0 Å². The molecule has 1 aromatic carbocycles. The Morgan fingerprint density at radius 3 is 2.81 bits per heavy atom. The van der Waals surface area contributed by atoms with E-state index < -0.39 is 0 Å². The van der Waals surface area contributed by atoms with Gasteiger partial charge < -0.3 is 4.90 Å². The molecule has 1 aliphatic rings. The van der Waals surface area contributed by atoms with E-state index in [1.165, 1.54) is 17.3 Å². The minimum Gasteiger partial charge on any atom is -0.341 e. The number of carbonyl (C=O) groups is 1. The Bertz CT molecular complexity index is 752. The molecule has 0 N–H and O–H groups in total. The van der Waals surface area contributed by atoms with Crippen molar-refractivity contribution in [3.05, 3.63) is 50.1 Å². The zero-order chi connectivity index (χ0) is 18.5. The van der Waals surface area contributed by atoms with Gasteiger partial charge in [0.1, 0.15) is 0 Å². The van der Waals surface area contributed by atoms with E-state index in [9.17, 15) is 4.79 Å². The van der Waals surface area contributed by atoms with Crippen LogP contribution < -0.4 is 0 Å². The van der Waals surface area contributed by atoms with Crippen molar-refractivity contribution in [3.63, 3.8) is 0 Å². The molecule has 1 fully saturated rings. The van der Waals surface area contributed by atoms with Gasteiger partial charge in [-0.1, -0.05) is 23.2 Å². The maximum Gasteiger partial charge on any atom is 0.232 e. The molecule has 1 amide bonds. The number of benzene rings is 1. The Balaban J connectivity index is 1.51. The van der Waals surface area contributed by atoms with Crippen molar-refractivity contribution >= 4 is 52.2 Å². The molecule has 0 bridgehead atoms. The topological polar surface area (TPSA) is 23.6 Å². The molecular weight excluding hydrogens is 407 g/mol. The number of thiophene rings is 1. The summed E-state index contributed by atoms with van der Waals surface area (Å²) in [6, 6.07) is 5.88. The Hall–Kier alpha value is -0.720. The highest BCUT2D eigenvalue weighted by molar-refractivity contribution is 8.00. The second kappa shape index (κ2) is 9.47. The van der Waals surface area contributed by atoms with Gasteiger partial charge in [0.15, 0.2) is 0 Å². The highest BCUT2D eigenvalue weighted by Crippen LogP contribution is 2.32. The molecular formula is C19H22Cl2N2OS2. The Morgan fingerprint density at radius 1 is 1.19 bits per heavy atom. The van der Waals surface area contributed by atoms with E-state index in [0.29, 0.717) is 15.8 Å². The van der Waals surface area contributed by atoms with Gasteiger partial charge in [0.2, 0.25) is 5.91 Å². The fourth-order valence-corrected chi connectivity index (χ4v) is 5.12. The smallest absolute Gasteiger partial charge is 0.232 e. The predicted molar refractivity (Wildman–Crippen MR) is 113 cm³/mol. The van der Waals surface area contributed by atoms with E-state index in [1.54, 1.807) is 17.4 Å². The third-order valence-electron chi connectivity index (χ3n) is 4.49. The number of hydrogen-bond acceptors (Lipinski definition) is 4. The van der Waals surface area contributed by atoms with Crippen LogP contribution in [-0.2, 0) is 11.3 Å². The summed E-state index contributed by atoms with van der Waals surface area (Å²) in [5.41, 5.74) is 2.34. The van der Waals surface area contributed by atoms with Gasteiger partial charge in [-0.2, -0.15) is 11.3 Å². The van der Waals surface area contributed by atoms with Gasteiger partial charge in [0.25, 0.3) is 0 Å². The van der Waals surface area contributed by atoms with E-state index in [2.05, 4.69) is 21.7 Å². The molecule has 0 aliphatic carbocycles. The molecule has 2 heterocycles. The van der Waals surface area contributed by atoms with Crippen molar-refractivity contribution in [2.24, 2.45) is 0 Å². The SMILES string of the molecule is Cc1cc(SCC(=O)N2CCCN(Cc3ccsc3)CC2)c(Cl)cc1Cl. The summed E-state index contributed by atoms with van der Waals surface area (Å²) >= 11 is 15.5. The van der Waals surface area contributed by atoms with Crippen LogP contribution >= 0.6 is 46.3 Å². The van der Waals surface area contributed by atoms with Crippen LogP contribution in [0, 0.1) is 6.92 Å². The van der Waals surface area contributed by atoms with Crippen molar-refractivity contribution < 1.29 is 4.79 Å². The Morgan fingerprint density at radius 2 is 2.04 bits per heavy atom. The second-order valence-corrected chi connectivity index (χ2v) is 9.07. The summed E-state index contributed by atoms with van der Waals surface area (Å²) in [5.74, 6) is 0.585. The summed E-state index contributed by atoms with van der Waals surface area (Å²) in [5, 5.41) is 5.58. The first-order valence-electron chi connectivity index (χ1n) is 8.62. The fourth-order valence-electron chi connectivity index (χ4n) is 2.99. The molecule has 3 nitrogen and oxygen atoms in total. The first-order chi connectivity index (χ1) is 12.5. The van der Waals surface area contributed by atoms with Crippen LogP contribution in [0.25, 0.3) is 0 Å². The number of hydrogen-bond donors (Lipinski definition) is 0. The molecule has 1 aliphatic heterocycles. The van der Waals surface area contributed by atoms with Crippen molar-refractivity contribution in [2.45, 2.75) is 24.8 Å². The minimum atomic E-state index is 0.177. The molecule has 0 atom stereocenters. The number of carbonyl (C=O) groups excluding carboxylic acids is 1. The summed E-state index contributed by atoms with van der Waals surface area (Å²) in [6.45, 7) is 6.49. The molecule has 1 saturated heterocycles.